The van der Waals surface area contributed by atoms with E-state index in [1.165, 1.54) is 12.1 Å². The van der Waals surface area contributed by atoms with Gasteiger partial charge in [-0.1, -0.05) is 19.3 Å². The normalized spacial score (nSPS) is 17.1. The van der Waals surface area contributed by atoms with Gasteiger partial charge >= 0.3 is 0 Å². The van der Waals surface area contributed by atoms with Crippen molar-refractivity contribution < 1.29 is 4.79 Å². The zero-order chi connectivity index (χ0) is 27.1. The summed E-state index contributed by atoms with van der Waals surface area (Å²) >= 11 is 0. The lowest BCUT2D eigenvalue weighted by molar-refractivity contribution is -0.120. The van der Waals surface area contributed by atoms with Gasteiger partial charge in [0.1, 0.15) is 11.3 Å². The Balaban J connectivity index is 1.19. The number of anilines is 2. The van der Waals surface area contributed by atoms with Crippen LogP contribution in [0.15, 0.2) is 49.1 Å². The summed E-state index contributed by atoms with van der Waals surface area (Å²) in [4.78, 5) is 34.7. The lowest BCUT2D eigenvalue weighted by Crippen LogP contribution is -2.44. The highest BCUT2D eigenvalue weighted by Crippen LogP contribution is 2.34. The molecule has 1 aliphatic heterocycles. The third-order valence-corrected chi connectivity index (χ3v) is 8.34. The Morgan fingerprint density at radius 1 is 0.925 bits per heavy atom. The van der Waals surface area contributed by atoms with Crippen LogP contribution in [0.4, 0.5) is 11.4 Å². The second-order valence-corrected chi connectivity index (χ2v) is 11.0. The molecule has 2 aliphatic rings. The number of likely N-dealkylation sites (N-methyl/N-ethyl adjacent to an activating group) is 1. The number of H-pyrrole nitrogens is 2. The number of hydrogen-bond acceptors (Lipinski definition) is 7. The van der Waals surface area contributed by atoms with Crippen molar-refractivity contribution in [3.05, 3.63) is 49.1 Å². The lowest BCUT2D eigenvalue weighted by Gasteiger charge is -2.34. The summed E-state index contributed by atoms with van der Waals surface area (Å²) in [5.41, 5.74) is 6.93. The van der Waals surface area contributed by atoms with Gasteiger partial charge in [0.05, 0.1) is 17.6 Å². The van der Waals surface area contributed by atoms with E-state index in [9.17, 15) is 4.79 Å². The number of nitrogens with one attached hydrogen (secondary N) is 3. The van der Waals surface area contributed by atoms with Gasteiger partial charge in [-0.25, -0.2) is 9.97 Å². The van der Waals surface area contributed by atoms with Gasteiger partial charge in [0.2, 0.25) is 5.91 Å². The van der Waals surface area contributed by atoms with E-state index in [1.54, 1.807) is 12.4 Å². The number of piperazine rings is 1. The molecule has 0 atom stereocenters. The number of aromatic amines is 2. The number of fused-ring (bicyclic) bond motifs is 2. The molecule has 0 aromatic carbocycles. The maximum absolute atomic E-state index is 12.8. The monoisotopic (exact) mass is 535 g/mol. The molecule has 2 fully saturated rings. The Kier molecular flexibility index (Phi) is 6.39. The summed E-state index contributed by atoms with van der Waals surface area (Å²) in [7, 11) is 2.17. The van der Waals surface area contributed by atoms with E-state index in [2.05, 4.69) is 70.5 Å². The fourth-order valence-electron chi connectivity index (χ4n) is 6.01. The predicted octanol–water partition coefficient (Wildman–Crippen LogP) is 4.83. The molecule has 40 heavy (non-hydrogen) atoms. The number of nitrogens with zero attached hydrogens (tertiary/aromatic N) is 6. The number of carbonyl (C=O) groups excluding carboxylic acids is 1. The van der Waals surface area contributed by atoms with Crippen LogP contribution < -0.4 is 10.2 Å². The average Bonchev–Trinajstić information content (AvgIpc) is 3.62. The second kappa shape index (κ2) is 10.3. The van der Waals surface area contributed by atoms with Crippen LogP contribution in [0.1, 0.15) is 32.1 Å². The smallest absolute Gasteiger partial charge is 0.227 e. The highest BCUT2D eigenvalue weighted by Gasteiger charge is 2.22. The van der Waals surface area contributed by atoms with Crippen molar-refractivity contribution >= 4 is 39.3 Å². The van der Waals surface area contributed by atoms with Crippen molar-refractivity contribution in [2.75, 3.05) is 43.4 Å². The largest absolute Gasteiger partial charge is 0.368 e. The summed E-state index contributed by atoms with van der Waals surface area (Å²) < 4.78 is 0. The Morgan fingerprint density at radius 3 is 2.60 bits per heavy atom. The van der Waals surface area contributed by atoms with Crippen LogP contribution in [0.25, 0.3) is 44.6 Å². The SMILES string of the molecule is CN1CCN(c2ccnc3[nH]c(-c4n[nH]c5ncc(-c6cncc(NC(=O)C7CCCCC7)c6)cc45)cc23)CC1. The summed E-state index contributed by atoms with van der Waals surface area (Å²) in [5, 5.41) is 12.8. The van der Waals surface area contributed by atoms with E-state index in [-0.39, 0.29) is 11.8 Å². The fraction of sp³-hybridized carbons (Fsp3) is 0.367. The molecule has 1 saturated carbocycles. The first-order valence-corrected chi connectivity index (χ1v) is 14.1. The molecule has 5 aromatic rings. The number of carbonyl (C=O) groups is 1. The van der Waals surface area contributed by atoms with E-state index in [0.29, 0.717) is 11.3 Å². The first-order chi connectivity index (χ1) is 19.6. The van der Waals surface area contributed by atoms with Crippen molar-refractivity contribution in [1.29, 1.82) is 0 Å². The molecule has 0 unspecified atom stereocenters. The third kappa shape index (κ3) is 4.68. The minimum atomic E-state index is 0.0893. The highest BCUT2D eigenvalue weighted by molar-refractivity contribution is 5.99. The Morgan fingerprint density at radius 2 is 1.75 bits per heavy atom. The Labute approximate surface area is 232 Å². The van der Waals surface area contributed by atoms with Crippen molar-refractivity contribution in [2.24, 2.45) is 5.92 Å². The van der Waals surface area contributed by atoms with Gasteiger partial charge in [0, 0.05) is 78.3 Å². The van der Waals surface area contributed by atoms with Crippen LogP contribution in [0.3, 0.4) is 0 Å². The fourth-order valence-corrected chi connectivity index (χ4v) is 6.01. The van der Waals surface area contributed by atoms with E-state index >= 15 is 0 Å². The van der Waals surface area contributed by atoms with Gasteiger partial charge < -0.3 is 20.1 Å². The summed E-state index contributed by atoms with van der Waals surface area (Å²) in [6.45, 7) is 4.06. The van der Waals surface area contributed by atoms with Crippen molar-refractivity contribution in [2.45, 2.75) is 32.1 Å². The van der Waals surface area contributed by atoms with Crippen LogP contribution >= 0.6 is 0 Å². The standard InChI is InChI=1S/C30H33N9O/c1-38-9-11-39(12-10-38)26-7-8-32-28-23(26)15-25(35-28)27-24-14-21(17-33-29(24)37-36-27)20-13-22(18-31-16-20)34-30(40)19-5-3-2-4-6-19/h7-8,13-19H,2-6,9-12H2,1H3,(H,32,35)(H,34,40)(H,33,36,37). The molecule has 204 valence electrons. The van der Waals surface area contributed by atoms with Crippen molar-refractivity contribution in [3.63, 3.8) is 0 Å². The van der Waals surface area contributed by atoms with Crippen LogP contribution in [0.5, 0.6) is 0 Å². The number of hydrogen-bond donors (Lipinski definition) is 3. The topological polar surface area (TPSA) is 119 Å². The maximum atomic E-state index is 12.8. The predicted molar refractivity (Wildman–Crippen MR) is 157 cm³/mol. The molecule has 1 amide bonds. The van der Waals surface area contributed by atoms with E-state index in [1.807, 2.05) is 18.5 Å². The molecule has 6 heterocycles. The lowest BCUT2D eigenvalue weighted by atomic mass is 9.88. The van der Waals surface area contributed by atoms with Gasteiger partial charge in [-0.3, -0.25) is 14.9 Å². The molecule has 0 bridgehead atoms. The van der Waals surface area contributed by atoms with Gasteiger partial charge in [-0.15, -0.1) is 0 Å². The maximum Gasteiger partial charge on any atom is 0.227 e. The number of amides is 1. The summed E-state index contributed by atoms with van der Waals surface area (Å²) in [6.07, 6.45) is 12.6. The van der Waals surface area contributed by atoms with E-state index in [4.69, 9.17) is 0 Å². The van der Waals surface area contributed by atoms with Crippen LogP contribution in [0.2, 0.25) is 0 Å². The van der Waals surface area contributed by atoms with Gasteiger partial charge in [0.15, 0.2) is 5.65 Å². The molecule has 10 heteroatoms. The molecule has 7 rings (SSSR count). The van der Waals surface area contributed by atoms with Crippen molar-refractivity contribution in [3.8, 4) is 22.5 Å². The Bertz CT molecular complexity index is 1680. The quantitative estimate of drug-likeness (QED) is 0.295. The number of rotatable bonds is 5. The van der Waals surface area contributed by atoms with Crippen LogP contribution in [-0.4, -0.2) is 74.2 Å². The molecule has 10 nitrogen and oxygen atoms in total. The minimum absolute atomic E-state index is 0.0893. The average molecular weight is 536 g/mol. The van der Waals surface area contributed by atoms with Gasteiger partial charge in [-0.05, 0) is 44.2 Å². The summed E-state index contributed by atoms with van der Waals surface area (Å²) in [6, 6.07) is 8.28. The number of pyridine rings is 3. The van der Waals surface area contributed by atoms with Gasteiger partial charge in [0.25, 0.3) is 0 Å². The molecular formula is C30H33N9O. The minimum Gasteiger partial charge on any atom is -0.368 e. The molecule has 5 aromatic heterocycles. The zero-order valence-corrected chi connectivity index (χ0v) is 22.7. The highest BCUT2D eigenvalue weighted by atomic mass is 16.1. The molecule has 0 radical (unpaired) electrons. The van der Waals surface area contributed by atoms with Crippen molar-refractivity contribution in [1.82, 2.24) is 35.0 Å². The zero-order valence-electron chi connectivity index (χ0n) is 22.7. The first kappa shape index (κ1) is 24.7. The summed E-state index contributed by atoms with van der Waals surface area (Å²) in [5.74, 6) is 0.180. The molecule has 0 spiro atoms. The third-order valence-electron chi connectivity index (χ3n) is 8.34. The van der Waals surface area contributed by atoms with Crippen LogP contribution in [-0.2, 0) is 4.79 Å². The van der Waals surface area contributed by atoms with Gasteiger partial charge in [-0.2, -0.15) is 5.10 Å². The molecule has 3 N–H and O–H groups in total. The second-order valence-electron chi connectivity index (χ2n) is 11.0. The molecule has 1 saturated heterocycles. The first-order valence-electron chi connectivity index (χ1n) is 14.1. The number of aromatic nitrogens is 6. The Hall–Kier alpha value is -4.31. The molecular weight excluding hydrogens is 502 g/mol. The van der Waals surface area contributed by atoms with E-state index in [0.717, 1.165) is 90.8 Å². The molecule has 1 aliphatic carbocycles. The van der Waals surface area contributed by atoms with E-state index < -0.39 is 0 Å². The van der Waals surface area contributed by atoms with Crippen LogP contribution in [0, 0.1) is 5.92 Å².